The first-order valence-electron chi connectivity index (χ1n) is 10.3. The number of halogens is 6. The van der Waals surface area contributed by atoms with Crippen LogP contribution in [0.2, 0.25) is 5.02 Å². The molecule has 1 fully saturated rings. The van der Waals surface area contributed by atoms with Crippen LogP contribution in [0.15, 0.2) is 57.9 Å². The zero-order chi connectivity index (χ0) is 25.8. The molecule has 0 aliphatic carbocycles. The van der Waals surface area contributed by atoms with Crippen molar-refractivity contribution in [1.82, 2.24) is 9.62 Å². The summed E-state index contributed by atoms with van der Waals surface area (Å²) >= 11 is 9.06. The third-order valence-corrected chi connectivity index (χ3v) is 8.52. The average molecular weight is 597 g/mol. The van der Waals surface area contributed by atoms with Gasteiger partial charge in [0.25, 0.3) is 0 Å². The molecule has 4 rings (SSSR count). The van der Waals surface area contributed by atoms with Crippen LogP contribution >= 0.6 is 27.5 Å². The second-order valence-electron chi connectivity index (χ2n) is 8.37. The summed E-state index contributed by atoms with van der Waals surface area (Å²) in [6.07, 6.45) is -5.01. The maximum Gasteiger partial charge on any atom is 0.471 e. The first-order valence-corrected chi connectivity index (χ1v) is 13.0. The molecular weight excluding hydrogens is 578 g/mol. The van der Waals surface area contributed by atoms with Gasteiger partial charge in [0.05, 0.1) is 16.6 Å². The van der Waals surface area contributed by atoms with E-state index in [9.17, 15) is 30.8 Å². The molecule has 188 valence electrons. The topological polar surface area (TPSA) is 78.5 Å². The van der Waals surface area contributed by atoms with E-state index in [-0.39, 0.29) is 35.7 Å². The van der Waals surface area contributed by atoms with Gasteiger partial charge in [-0.1, -0.05) is 34.1 Å². The molecule has 35 heavy (non-hydrogen) atoms. The van der Waals surface area contributed by atoms with Crippen LogP contribution in [0.3, 0.4) is 0 Å². The molecule has 0 radical (unpaired) electrons. The van der Waals surface area contributed by atoms with Crippen LogP contribution < -0.4 is 10.0 Å². The Bertz CT molecular complexity index is 1300. The Morgan fingerprint density at radius 3 is 2.57 bits per heavy atom. The summed E-state index contributed by atoms with van der Waals surface area (Å²) in [5.74, 6) is -2.65. The number of sulfonamides is 1. The lowest BCUT2D eigenvalue weighted by molar-refractivity contribution is -0.186. The molecule has 2 atom stereocenters. The van der Waals surface area contributed by atoms with Gasteiger partial charge < -0.3 is 10.2 Å². The fraction of sp³-hybridized carbons (Fsp3) is 0.318. The van der Waals surface area contributed by atoms with Gasteiger partial charge in [0.1, 0.15) is 5.82 Å². The Morgan fingerprint density at radius 2 is 1.94 bits per heavy atom. The van der Waals surface area contributed by atoms with Crippen molar-refractivity contribution in [2.45, 2.75) is 28.9 Å². The number of likely N-dealkylation sites (tertiary alicyclic amines) is 1. The minimum Gasteiger partial charge on any atom is -0.377 e. The smallest absolute Gasteiger partial charge is 0.377 e. The number of piperidine rings is 1. The number of carbonyl (C=O) groups excluding carboxylic acids is 1. The van der Waals surface area contributed by atoms with E-state index >= 15 is 0 Å². The minimum atomic E-state index is -5.08. The lowest BCUT2D eigenvalue weighted by Crippen LogP contribution is -2.59. The summed E-state index contributed by atoms with van der Waals surface area (Å²) in [6.45, 7) is 3.06. The number of nitrogens with zero attached hydrogens (tertiary/aromatic N) is 1. The number of carbonyl (C=O) groups is 1. The maximum absolute atomic E-state index is 14.8. The molecule has 0 spiro atoms. The fourth-order valence-electron chi connectivity index (χ4n) is 4.75. The van der Waals surface area contributed by atoms with E-state index in [1.54, 1.807) is 6.07 Å². The molecule has 1 amide bonds. The van der Waals surface area contributed by atoms with E-state index in [0.717, 1.165) is 0 Å². The molecule has 2 aliphatic heterocycles. The van der Waals surface area contributed by atoms with E-state index in [0.29, 0.717) is 20.0 Å². The molecular formula is C22H19BrClF4N3O3S. The monoisotopic (exact) mass is 595 g/mol. The van der Waals surface area contributed by atoms with Gasteiger partial charge in [-0.05, 0) is 54.0 Å². The molecule has 0 saturated carbocycles. The first kappa shape index (κ1) is 25.9. The van der Waals surface area contributed by atoms with Gasteiger partial charge in [-0.2, -0.15) is 13.2 Å². The molecule has 2 heterocycles. The summed E-state index contributed by atoms with van der Waals surface area (Å²) in [5.41, 5.74) is -0.364. The zero-order valence-electron chi connectivity index (χ0n) is 17.9. The van der Waals surface area contributed by atoms with Crippen LogP contribution in [-0.4, -0.2) is 51.1 Å². The van der Waals surface area contributed by atoms with E-state index in [2.05, 4.69) is 32.5 Å². The largest absolute Gasteiger partial charge is 0.471 e. The quantitative estimate of drug-likeness (QED) is 0.391. The number of alkyl halides is 3. The van der Waals surface area contributed by atoms with Crippen molar-refractivity contribution in [3.8, 4) is 0 Å². The predicted octanol–water partition coefficient (Wildman–Crippen LogP) is 4.60. The number of amides is 1. The van der Waals surface area contributed by atoms with Gasteiger partial charge in [0, 0.05) is 34.5 Å². The highest BCUT2D eigenvalue weighted by Gasteiger charge is 2.55. The lowest BCUT2D eigenvalue weighted by atomic mass is 9.66. The standard InChI is InChI=1S/C22H19BrClF4N3O3S/c1-12-10-31(20(32)22(26,27)28)11-18-21(12,16-8-13(23)9-17(25)19(16)30-18)6-7-29-35(33,34)15-4-2-14(24)3-5-15/h2-5,8-9,18,29-30H,1,6-7,10-11H2/t18-,21-/m0/s1. The maximum atomic E-state index is 14.8. The number of nitrogens with one attached hydrogen (secondary N) is 2. The highest BCUT2D eigenvalue weighted by Crippen LogP contribution is 2.52. The Morgan fingerprint density at radius 1 is 1.29 bits per heavy atom. The van der Waals surface area contributed by atoms with Crippen molar-refractivity contribution in [2.24, 2.45) is 0 Å². The molecule has 2 N–H and O–H groups in total. The fourth-order valence-corrected chi connectivity index (χ4v) is 6.34. The molecule has 6 nitrogen and oxygen atoms in total. The number of fused-ring (bicyclic) bond motifs is 3. The molecule has 0 bridgehead atoms. The summed E-state index contributed by atoms with van der Waals surface area (Å²) in [7, 11) is -3.92. The van der Waals surface area contributed by atoms with E-state index < -0.39 is 45.9 Å². The van der Waals surface area contributed by atoms with Crippen LogP contribution in [0, 0.1) is 5.82 Å². The Labute approximate surface area is 212 Å². The van der Waals surface area contributed by atoms with Gasteiger partial charge in [0.15, 0.2) is 0 Å². The number of rotatable bonds is 5. The van der Waals surface area contributed by atoms with Crippen LogP contribution in [0.4, 0.5) is 23.2 Å². The van der Waals surface area contributed by atoms with Crippen LogP contribution in [-0.2, 0) is 20.2 Å². The van der Waals surface area contributed by atoms with Crippen molar-refractivity contribution >= 4 is 49.1 Å². The number of anilines is 1. The van der Waals surface area contributed by atoms with Gasteiger partial charge in [-0.25, -0.2) is 17.5 Å². The van der Waals surface area contributed by atoms with Crippen molar-refractivity contribution in [2.75, 3.05) is 25.0 Å². The first-order chi connectivity index (χ1) is 16.3. The Balaban J connectivity index is 1.66. The summed E-state index contributed by atoms with van der Waals surface area (Å²) in [4.78, 5) is 12.5. The number of hydrogen-bond acceptors (Lipinski definition) is 4. The molecule has 13 heteroatoms. The molecule has 2 aromatic rings. The third-order valence-electron chi connectivity index (χ3n) is 6.33. The van der Waals surface area contributed by atoms with E-state index in [1.807, 2.05) is 0 Å². The molecule has 2 aromatic carbocycles. The third kappa shape index (κ3) is 4.68. The minimum absolute atomic E-state index is 0.0147. The highest BCUT2D eigenvalue weighted by molar-refractivity contribution is 9.10. The molecule has 0 unspecified atom stereocenters. The normalized spacial score (nSPS) is 21.9. The van der Waals surface area contributed by atoms with Crippen LogP contribution in [0.5, 0.6) is 0 Å². The van der Waals surface area contributed by atoms with Crippen LogP contribution in [0.1, 0.15) is 12.0 Å². The predicted molar refractivity (Wildman–Crippen MR) is 126 cm³/mol. The lowest BCUT2D eigenvalue weighted by Gasteiger charge is -2.46. The molecule has 2 aliphatic rings. The number of hydrogen-bond donors (Lipinski definition) is 2. The average Bonchev–Trinajstić information content (AvgIpc) is 3.08. The molecule has 1 saturated heterocycles. The van der Waals surface area contributed by atoms with Gasteiger partial charge >= 0.3 is 12.1 Å². The van der Waals surface area contributed by atoms with E-state index in [1.165, 1.54) is 30.3 Å². The van der Waals surface area contributed by atoms with Gasteiger partial charge in [0.2, 0.25) is 10.0 Å². The van der Waals surface area contributed by atoms with Crippen LogP contribution in [0.25, 0.3) is 0 Å². The van der Waals surface area contributed by atoms with Gasteiger partial charge in [-0.15, -0.1) is 0 Å². The summed E-state index contributed by atoms with van der Waals surface area (Å²) in [6, 6.07) is 7.52. The van der Waals surface area contributed by atoms with Crippen molar-refractivity contribution in [3.63, 3.8) is 0 Å². The van der Waals surface area contributed by atoms with Crippen molar-refractivity contribution < 1.29 is 30.8 Å². The number of benzene rings is 2. The summed E-state index contributed by atoms with van der Waals surface area (Å²) < 4.78 is 82.4. The summed E-state index contributed by atoms with van der Waals surface area (Å²) in [5, 5.41) is 3.28. The Kier molecular flexibility index (Phi) is 6.71. The highest BCUT2D eigenvalue weighted by atomic mass is 79.9. The molecule has 0 aromatic heterocycles. The van der Waals surface area contributed by atoms with Crippen molar-refractivity contribution in [1.29, 1.82) is 0 Å². The SMILES string of the molecule is C=C1CN(C(=O)C(F)(F)F)C[C@@H]2Nc3c(F)cc(Br)cc3[C@]12CCNS(=O)(=O)c1ccc(Cl)cc1. The van der Waals surface area contributed by atoms with Gasteiger partial charge in [-0.3, -0.25) is 4.79 Å². The van der Waals surface area contributed by atoms with E-state index in [4.69, 9.17) is 11.6 Å². The second-order valence-corrected chi connectivity index (χ2v) is 11.5. The second kappa shape index (κ2) is 9.06. The van der Waals surface area contributed by atoms with Crippen molar-refractivity contribution in [3.05, 3.63) is 69.4 Å². The zero-order valence-corrected chi connectivity index (χ0v) is 21.1. The Hall–Kier alpha value is -2.15.